The maximum Gasteiger partial charge on any atom is 0.174 e. The van der Waals surface area contributed by atoms with Crippen molar-refractivity contribution in [1.82, 2.24) is 0 Å². The summed E-state index contributed by atoms with van der Waals surface area (Å²) < 4.78 is 25.6. The molecule has 0 aliphatic heterocycles. The molecule has 1 unspecified atom stereocenters. The van der Waals surface area contributed by atoms with Gasteiger partial charge in [0.05, 0.1) is 18.2 Å². The summed E-state index contributed by atoms with van der Waals surface area (Å²) in [6, 6.07) is 18.8. The number of methoxy groups -OCH3 is 1. The predicted molar refractivity (Wildman–Crippen MR) is 109 cm³/mol. The van der Waals surface area contributed by atoms with Gasteiger partial charge in [0.25, 0.3) is 0 Å². The molecule has 0 aliphatic rings. The van der Waals surface area contributed by atoms with Crippen LogP contribution >= 0.6 is 11.6 Å². The zero-order valence-corrected chi connectivity index (χ0v) is 16.5. The summed E-state index contributed by atoms with van der Waals surface area (Å²) in [6.45, 7) is 0.466. The Balaban J connectivity index is 2.08. The van der Waals surface area contributed by atoms with Crippen molar-refractivity contribution >= 4 is 11.6 Å². The van der Waals surface area contributed by atoms with E-state index in [1.807, 2.05) is 24.3 Å². The Bertz CT molecular complexity index is 1030. The van der Waals surface area contributed by atoms with Gasteiger partial charge in [0.1, 0.15) is 12.7 Å². The van der Waals surface area contributed by atoms with Crippen molar-refractivity contribution in [2.24, 2.45) is 0 Å². The van der Waals surface area contributed by atoms with Crippen LogP contribution in [0.1, 0.15) is 22.8 Å². The second-order valence-corrected chi connectivity index (χ2v) is 6.71. The first-order valence-corrected chi connectivity index (χ1v) is 9.31. The van der Waals surface area contributed by atoms with Gasteiger partial charge in [-0.25, -0.2) is 4.39 Å². The van der Waals surface area contributed by atoms with E-state index in [4.69, 9.17) is 21.1 Å². The first-order valence-electron chi connectivity index (χ1n) is 8.94. The molecule has 0 aliphatic carbocycles. The van der Waals surface area contributed by atoms with Crippen LogP contribution in [-0.4, -0.2) is 25.4 Å². The summed E-state index contributed by atoms with van der Waals surface area (Å²) >= 11 is 6.34. The zero-order valence-electron chi connectivity index (χ0n) is 15.7. The number of hydrogen-bond donors (Lipinski definition) is 1. The molecule has 0 radical (unpaired) electrons. The van der Waals surface area contributed by atoms with E-state index in [1.165, 1.54) is 19.2 Å². The Morgan fingerprint density at radius 2 is 1.83 bits per heavy atom. The number of aliphatic hydroxyl groups excluding tert-OH is 1. The molecule has 29 heavy (non-hydrogen) atoms. The Kier molecular flexibility index (Phi) is 6.84. The van der Waals surface area contributed by atoms with Crippen LogP contribution in [0.15, 0.2) is 60.7 Å². The van der Waals surface area contributed by atoms with Crippen LogP contribution in [-0.2, 0) is 4.74 Å². The van der Waals surface area contributed by atoms with Crippen LogP contribution < -0.4 is 4.74 Å². The number of nitrogens with zero attached hydrogens (tertiary/aromatic N) is 1. The average Bonchev–Trinajstić information content (AvgIpc) is 2.75. The molecule has 1 atom stereocenters. The molecule has 1 N–H and O–H groups in total. The number of ether oxygens (including phenoxy) is 2. The van der Waals surface area contributed by atoms with Crippen molar-refractivity contribution in [3.8, 4) is 22.9 Å². The van der Waals surface area contributed by atoms with Crippen molar-refractivity contribution < 1.29 is 19.0 Å². The molecule has 0 amide bonds. The fourth-order valence-electron chi connectivity index (χ4n) is 2.99. The molecule has 4 nitrogen and oxygen atoms in total. The first kappa shape index (κ1) is 20.8. The second kappa shape index (κ2) is 9.53. The topological polar surface area (TPSA) is 62.5 Å². The van der Waals surface area contributed by atoms with Crippen LogP contribution in [0.25, 0.3) is 11.1 Å². The van der Waals surface area contributed by atoms with Gasteiger partial charge < -0.3 is 14.6 Å². The maximum atomic E-state index is 15.2. The van der Waals surface area contributed by atoms with E-state index in [0.29, 0.717) is 23.3 Å². The highest BCUT2D eigenvalue weighted by atomic mass is 35.5. The lowest BCUT2D eigenvalue weighted by molar-refractivity contribution is 0.144. The molecular weight excluding hydrogens is 393 g/mol. The van der Waals surface area contributed by atoms with E-state index in [9.17, 15) is 10.4 Å². The van der Waals surface area contributed by atoms with Gasteiger partial charge in [-0.05, 0) is 35.4 Å². The van der Waals surface area contributed by atoms with Crippen molar-refractivity contribution in [3.63, 3.8) is 0 Å². The number of halogens is 2. The van der Waals surface area contributed by atoms with Gasteiger partial charge in [-0.15, -0.1) is 0 Å². The van der Waals surface area contributed by atoms with Gasteiger partial charge in [0, 0.05) is 23.3 Å². The summed E-state index contributed by atoms with van der Waals surface area (Å²) in [5.41, 5.74) is 1.69. The Hall–Kier alpha value is -2.91. The molecule has 3 aromatic carbocycles. The van der Waals surface area contributed by atoms with Crippen LogP contribution in [0.5, 0.6) is 5.75 Å². The largest absolute Gasteiger partial charge is 0.488 e. The molecule has 148 valence electrons. The lowest BCUT2D eigenvalue weighted by Gasteiger charge is -2.16. The number of nitriles is 1. The van der Waals surface area contributed by atoms with E-state index >= 15 is 4.39 Å². The van der Waals surface area contributed by atoms with Gasteiger partial charge in [-0.1, -0.05) is 48.0 Å². The number of rotatable bonds is 7. The Labute approximate surface area is 173 Å². The van der Waals surface area contributed by atoms with Gasteiger partial charge in [-0.3, -0.25) is 0 Å². The highest BCUT2D eigenvalue weighted by molar-refractivity contribution is 6.33. The maximum absolute atomic E-state index is 15.2. The van der Waals surface area contributed by atoms with E-state index in [0.717, 1.165) is 0 Å². The molecular formula is C23H19ClFNO3. The number of benzene rings is 3. The first-order chi connectivity index (χ1) is 14.1. The molecule has 0 bridgehead atoms. The minimum atomic E-state index is -0.915. The SMILES string of the molecule is COCCOc1ccc(C#N)c(-c2cc(C(O)c3ccccc3)ccc2Cl)c1F. The normalized spacial score (nSPS) is 11.7. The standard InChI is InChI=1S/C23H19ClFNO3/c1-28-11-12-29-20-10-8-17(14-26)21(22(20)25)18-13-16(7-9-19(18)24)23(27)15-5-3-2-4-6-15/h2-10,13,23,27H,11-12H2,1H3. The van der Waals surface area contributed by atoms with E-state index in [-0.39, 0.29) is 28.5 Å². The monoisotopic (exact) mass is 411 g/mol. The highest BCUT2D eigenvalue weighted by Crippen LogP contribution is 2.38. The van der Waals surface area contributed by atoms with Crippen LogP contribution in [0.2, 0.25) is 5.02 Å². The van der Waals surface area contributed by atoms with Crippen LogP contribution in [0.4, 0.5) is 4.39 Å². The van der Waals surface area contributed by atoms with Crippen molar-refractivity contribution in [2.45, 2.75) is 6.10 Å². The number of aliphatic hydroxyl groups is 1. The van der Waals surface area contributed by atoms with Gasteiger partial charge in [-0.2, -0.15) is 5.26 Å². The van der Waals surface area contributed by atoms with Crippen LogP contribution in [0.3, 0.4) is 0 Å². The van der Waals surface area contributed by atoms with Crippen molar-refractivity contribution in [2.75, 3.05) is 20.3 Å². The molecule has 0 spiro atoms. The van der Waals surface area contributed by atoms with E-state index in [2.05, 4.69) is 0 Å². The quantitative estimate of drug-likeness (QED) is 0.548. The van der Waals surface area contributed by atoms with Crippen molar-refractivity contribution in [1.29, 1.82) is 5.26 Å². The fraction of sp³-hybridized carbons (Fsp3) is 0.174. The van der Waals surface area contributed by atoms with Gasteiger partial charge in [0.15, 0.2) is 11.6 Å². The highest BCUT2D eigenvalue weighted by Gasteiger charge is 2.20. The third kappa shape index (κ3) is 4.57. The lowest BCUT2D eigenvalue weighted by atomic mass is 9.94. The Morgan fingerprint density at radius 1 is 1.07 bits per heavy atom. The Morgan fingerprint density at radius 3 is 2.52 bits per heavy atom. The summed E-state index contributed by atoms with van der Waals surface area (Å²) in [5.74, 6) is -0.686. The summed E-state index contributed by atoms with van der Waals surface area (Å²) in [7, 11) is 1.52. The van der Waals surface area contributed by atoms with E-state index in [1.54, 1.807) is 30.3 Å². The minimum absolute atomic E-state index is 0.00104. The average molecular weight is 412 g/mol. The summed E-state index contributed by atoms with van der Waals surface area (Å²) in [6.07, 6.45) is -0.915. The molecule has 6 heteroatoms. The molecule has 0 fully saturated rings. The minimum Gasteiger partial charge on any atom is -0.488 e. The lowest BCUT2D eigenvalue weighted by Crippen LogP contribution is -2.06. The number of hydrogen-bond acceptors (Lipinski definition) is 4. The van der Waals surface area contributed by atoms with E-state index < -0.39 is 11.9 Å². The van der Waals surface area contributed by atoms with Gasteiger partial charge in [0.2, 0.25) is 0 Å². The molecule has 0 saturated carbocycles. The smallest absolute Gasteiger partial charge is 0.174 e. The summed E-state index contributed by atoms with van der Waals surface area (Å²) in [4.78, 5) is 0. The molecule has 0 aromatic heterocycles. The molecule has 0 saturated heterocycles. The van der Waals surface area contributed by atoms with Crippen molar-refractivity contribution in [3.05, 3.63) is 88.2 Å². The fourth-order valence-corrected chi connectivity index (χ4v) is 3.20. The van der Waals surface area contributed by atoms with Gasteiger partial charge >= 0.3 is 0 Å². The molecule has 0 heterocycles. The zero-order chi connectivity index (χ0) is 20.8. The molecule has 3 aromatic rings. The summed E-state index contributed by atoms with van der Waals surface area (Å²) in [5, 5.41) is 20.5. The third-order valence-corrected chi connectivity index (χ3v) is 4.79. The predicted octanol–water partition coefficient (Wildman–Crippen LogP) is 5.12. The third-order valence-electron chi connectivity index (χ3n) is 4.46. The second-order valence-electron chi connectivity index (χ2n) is 6.31. The molecule has 3 rings (SSSR count). The van der Waals surface area contributed by atoms with Crippen LogP contribution in [0, 0.1) is 17.1 Å².